The van der Waals surface area contributed by atoms with Crippen molar-refractivity contribution in [2.24, 2.45) is 5.11 Å². The van der Waals surface area contributed by atoms with Gasteiger partial charge in [-0.25, -0.2) is 0 Å². The van der Waals surface area contributed by atoms with Gasteiger partial charge < -0.3 is 0 Å². The van der Waals surface area contributed by atoms with Gasteiger partial charge in [-0.05, 0) is 0 Å². The molecule has 0 saturated heterocycles. The van der Waals surface area contributed by atoms with Crippen LogP contribution < -0.4 is 0 Å². The van der Waals surface area contributed by atoms with E-state index >= 15 is 0 Å². The number of hydrogen-bond acceptors (Lipinski definition) is 3. The fourth-order valence-electron chi connectivity index (χ4n) is 0.897. The Morgan fingerprint density at radius 3 is 3.13 bits per heavy atom. The Hall–Kier alpha value is -1.48. The van der Waals surface area contributed by atoms with E-state index in [1.54, 1.807) is 6.92 Å². The summed E-state index contributed by atoms with van der Waals surface area (Å²) in [6.45, 7) is 1.96. The van der Waals surface area contributed by atoms with Crippen molar-refractivity contribution >= 4 is 26.5 Å². The molecule has 6 heteroatoms. The standard InChI is InChI=1S/C9H9N3O2Se/c1-2-14-9(13)8(11-12-10)5-7-3-4-15-6-7/h3-6H,2H2,1H3/b8-5-. The maximum absolute atomic E-state index is 11.3. The third-order valence-electron chi connectivity index (χ3n) is 1.48. The average molecular weight is 270 g/mol. The Balaban J connectivity index is 2.92. The van der Waals surface area contributed by atoms with Gasteiger partial charge in [0.2, 0.25) is 0 Å². The van der Waals surface area contributed by atoms with Gasteiger partial charge in [-0.15, -0.1) is 0 Å². The first kappa shape index (κ1) is 11.6. The van der Waals surface area contributed by atoms with E-state index in [1.807, 2.05) is 15.9 Å². The number of esters is 1. The molecule has 0 fully saturated rings. The second kappa shape index (κ2) is 6.09. The zero-order valence-corrected chi connectivity index (χ0v) is 9.80. The van der Waals surface area contributed by atoms with Crippen LogP contribution in [0.5, 0.6) is 0 Å². The van der Waals surface area contributed by atoms with Gasteiger partial charge in [0.15, 0.2) is 0 Å². The Bertz CT molecular complexity index is 405. The second-order valence-electron chi connectivity index (χ2n) is 2.50. The molecule has 0 bridgehead atoms. The number of hydrogen-bond donors (Lipinski definition) is 0. The number of ether oxygens (including phenoxy) is 1. The van der Waals surface area contributed by atoms with Crippen molar-refractivity contribution in [3.8, 4) is 0 Å². The summed E-state index contributed by atoms with van der Waals surface area (Å²) in [4.78, 5) is 17.9. The molecule has 0 saturated carbocycles. The van der Waals surface area contributed by atoms with E-state index in [0.717, 1.165) is 5.56 Å². The minimum atomic E-state index is -0.594. The third-order valence-corrected chi connectivity index (χ3v) is 2.96. The molecular formula is C9H9N3O2Se. The molecule has 0 spiro atoms. The first-order valence-electron chi connectivity index (χ1n) is 4.24. The predicted octanol–water partition coefficient (Wildman–Crippen LogP) is 1.96. The molecule has 0 aliphatic rings. The monoisotopic (exact) mass is 271 g/mol. The number of rotatable bonds is 4. The first-order chi connectivity index (χ1) is 7.27. The molecule has 0 aromatic carbocycles. The van der Waals surface area contributed by atoms with Gasteiger partial charge in [0.05, 0.1) is 0 Å². The molecule has 78 valence electrons. The van der Waals surface area contributed by atoms with Crippen LogP contribution in [-0.4, -0.2) is 27.1 Å². The fourth-order valence-corrected chi connectivity index (χ4v) is 2.19. The average Bonchev–Trinajstić information content (AvgIpc) is 2.70. The summed E-state index contributed by atoms with van der Waals surface area (Å²) in [5.74, 6) is -0.594. The van der Waals surface area contributed by atoms with Crippen molar-refractivity contribution < 1.29 is 9.53 Å². The van der Waals surface area contributed by atoms with Gasteiger partial charge in [-0.1, -0.05) is 0 Å². The molecule has 1 rings (SSSR count). The first-order valence-corrected chi connectivity index (χ1v) is 6.22. The summed E-state index contributed by atoms with van der Waals surface area (Å²) in [5, 5.41) is 3.31. The molecule has 0 aliphatic carbocycles. The van der Waals surface area contributed by atoms with Crippen LogP contribution in [-0.2, 0) is 9.53 Å². The van der Waals surface area contributed by atoms with Gasteiger partial charge in [0.1, 0.15) is 0 Å². The Kier molecular flexibility index (Phi) is 4.71. The van der Waals surface area contributed by atoms with E-state index in [0.29, 0.717) is 14.5 Å². The van der Waals surface area contributed by atoms with Gasteiger partial charge in [-0.2, -0.15) is 0 Å². The van der Waals surface area contributed by atoms with E-state index < -0.39 is 5.97 Å². The van der Waals surface area contributed by atoms with Crippen LogP contribution in [0.15, 0.2) is 26.8 Å². The van der Waals surface area contributed by atoms with E-state index in [4.69, 9.17) is 10.3 Å². The van der Waals surface area contributed by atoms with Crippen molar-refractivity contribution in [3.05, 3.63) is 37.7 Å². The van der Waals surface area contributed by atoms with Crippen LogP contribution in [0, 0.1) is 0 Å². The molecule has 1 heterocycles. The number of azide groups is 1. The molecule has 0 aliphatic heterocycles. The summed E-state index contributed by atoms with van der Waals surface area (Å²) < 4.78 is 4.75. The Labute approximate surface area is 92.7 Å². The molecule has 0 atom stereocenters. The van der Waals surface area contributed by atoms with Crippen molar-refractivity contribution in [3.63, 3.8) is 0 Å². The predicted molar refractivity (Wildman–Crippen MR) is 57.1 cm³/mol. The zero-order valence-electron chi connectivity index (χ0n) is 8.08. The van der Waals surface area contributed by atoms with Crippen LogP contribution in [0.1, 0.15) is 12.5 Å². The topological polar surface area (TPSA) is 75.1 Å². The van der Waals surface area contributed by atoms with Crippen LogP contribution in [0.4, 0.5) is 0 Å². The Morgan fingerprint density at radius 2 is 2.60 bits per heavy atom. The van der Waals surface area contributed by atoms with E-state index in [2.05, 4.69) is 10.0 Å². The van der Waals surface area contributed by atoms with E-state index in [1.165, 1.54) is 6.08 Å². The van der Waals surface area contributed by atoms with Gasteiger partial charge in [0.25, 0.3) is 0 Å². The maximum atomic E-state index is 11.3. The molecule has 5 nitrogen and oxygen atoms in total. The van der Waals surface area contributed by atoms with Crippen LogP contribution in [0.25, 0.3) is 16.5 Å². The van der Waals surface area contributed by atoms with Crippen molar-refractivity contribution in [1.82, 2.24) is 0 Å². The van der Waals surface area contributed by atoms with Crippen LogP contribution >= 0.6 is 0 Å². The van der Waals surface area contributed by atoms with E-state index in [9.17, 15) is 4.79 Å². The normalized spacial score (nSPS) is 10.6. The molecule has 1 aromatic heterocycles. The zero-order chi connectivity index (χ0) is 11.1. The van der Waals surface area contributed by atoms with Crippen LogP contribution in [0.3, 0.4) is 0 Å². The minimum absolute atomic E-state index is 0.00653. The van der Waals surface area contributed by atoms with Gasteiger partial charge >= 0.3 is 92.4 Å². The SMILES string of the molecule is CCOC(=O)/C(=C/c1cc[se]c1)N=[N+]=[N-]. The molecule has 0 amide bonds. The van der Waals surface area contributed by atoms with Crippen molar-refractivity contribution in [2.75, 3.05) is 6.61 Å². The molecule has 0 radical (unpaired) electrons. The fraction of sp³-hybridized carbons (Fsp3) is 0.222. The van der Waals surface area contributed by atoms with Gasteiger partial charge in [-0.3, -0.25) is 0 Å². The molecule has 1 aromatic rings. The Morgan fingerprint density at radius 1 is 1.80 bits per heavy atom. The number of nitrogens with zero attached hydrogens (tertiary/aromatic N) is 3. The third kappa shape index (κ3) is 3.64. The summed E-state index contributed by atoms with van der Waals surface area (Å²) in [5.41, 5.74) is 9.18. The molecule has 15 heavy (non-hydrogen) atoms. The summed E-state index contributed by atoms with van der Waals surface area (Å²) in [6.07, 6.45) is 1.53. The number of carbonyl (C=O) groups is 1. The molecular weight excluding hydrogens is 261 g/mol. The summed E-state index contributed by atoms with van der Waals surface area (Å²) >= 11 is 0.335. The van der Waals surface area contributed by atoms with Crippen molar-refractivity contribution in [1.29, 1.82) is 0 Å². The summed E-state index contributed by atoms with van der Waals surface area (Å²) in [6, 6.07) is 1.88. The van der Waals surface area contributed by atoms with Gasteiger partial charge in [0, 0.05) is 0 Å². The number of carbonyl (C=O) groups excluding carboxylic acids is 1. The van der Waals surface area contributed by atoms with E-state index in [-0.39, 0.29) is 12.3 Å². The quantitative estimate of drug-likeness (QED) is 0.209. The second-order valence-corrected chi connectivity index (χ2v) is 4.13. The molecule has 0 N–H and O–H groups in total. The van der Waals surface area contributed by atoms with Crippen LogP contribution in [0.2, 0.25) is 0 Å². The molecule has 0 unspecified atom stereocenters. The summed E-state index contributed by atoms with van der Waals surface area (Å²) in [7, 11) is 0. The van der Waals surface area contributed by atoms with Crippen molar-refractivity contribution in [2.45, 2.75) is 6.92 Å².